The van der Waals surface area contributed by atoms with Gasteiger partial charge in [-0.25, -0.2) is 4.79 Å². The maximum atomic E-state index is 13.4. The molecule has 1 N–H and O–H groups in total. The van der Waals surface area contributed by atoms with E-state index in [9.17, 15) is 35.6 Å². The lowest BCUT2D eigenvalue weighted by Crippen LogP contribution is -2.47. The number of carbonyl (C=O) groups is 2. The summed E-state index contributed by atoms with van der Waals surface area (Å²) in [5.74, 6) is -5.97. The third kappa shape index (κ3) is 4.06. The van der Waals surface area contributed by atoms with Gasteiger partial charge < -0.3 is 14.2 Å². The number of hydrogen-bond acceptors (Lipinski definition) is 7. The Kier molecular flexibility index (Phi) is 5.93. The zero-order valence-corrected chi connectivity index (χ0v) is 16.4. The van der Waals surface area contributed by atoms with Crippen LogP contribution >= 0.6 is 0 Å². The molecule has 170 valence electrons. The molecule has 3 fully saturated rings. The fourth-order valence-electron chi connectivity index (χ4n) is 4.35. The number of ether oxygens (including phenoxy) is 3. The molecule has 0 amide bonds. The second-order valence-electron chi connectivity index (χ2n) is 7.79. The largest absolute Gasteiger partial charge is 0.458 e. The molecule has 0 spiro atoms. The summed E-state index contributed by atoms with van der Waals surface area (Å²) in [6, 6.07) is 0. The van der Waals surface area contributed by atoms with Crippen molar-refractivity contribution in [2.24, 2.45) is 17.8 Å². The van der Waals surface area contributed by atoms with E-state index in [-0.39, 0.29) is 29.3 Å². The Morgan fingerprint density at radius 1 is 1.23 bits per heavy atom. The van der Waals surface area contributed by atoms with Crippen molar-refractivity contribution < 1.29 is 54.3 Å². The molecule has 8 nitrogen and oxygen atoms in total. The zero-order chi connectivity index (χ0) is 22.5. The van der Waals surface area contributed by atoms with Gasteiger partial charge in [0.15, 0.2) is 0 Å². The number of hydrogen-bond donors (Lipinski definition) is 1. The predicted octanol–water partition coefficient (Wildman–Crippen LogP) is 1.95. The van der Waals surface area contributed by atoms with Crippen LogP contribution in [0.5, 0.6) is 0 Å². The number of carbonyl (C=O) groups excluding carboxylic acids is 2. The number of esters is 2. The summed E-state index contributed by atoms with van der Waals surface area (Å²) in [5, 5.41) is -5.68. The molecule has 0 aromatic carbocycles. The molecule has 0 radical (unpaired) electrons. The van der Waals surface area contributed by atoms with Crippen LogP contribution in [-0.2, 0) is 33.9 Å². The molecule has 1 saturated heterocycles. The topological polar surface area (TPSA) is 116 Å². The molecule has 3 rings (SSSR count). The Balaban J connectivity index is 1.46. The molecule has 0 aromatic heterocycles. The molecule has 13 heteroatoms. The Hall–Kier alpha value is -1.73. The maximum absolute atomic E-state index is 13.4. The first-order valence-corrected chi connectivity index (χ1v) is 10.6. The monoisotopic (exact) mass is 460 g/mol. The van der Waals surface area contributed by atoms with E-state index in [2.05, 4.69) is 6.58 Å². The second-order valence-corrected chi connectivity index (χ2v) is 9.25. The van der Waals surface area contributed by atoms with Gasteiger partial charge in [0.05, 0.1) is 18.8 Å². The van der Waals surface area contributed by atoms with Gasteiger partial charge in [0.1, 0.15) is 12.2 Å². The molecule has 1 aliphatic heterocycles. The third-order valence-electron chi connectivity index (χ3n) is 5.81. The van der Waals surface area contributed by atoms with E-state index in [0.717, 1.165) is 12.8 Å². The Labute approximate surface area is 169 Å². The Morgan fingerprint density at radius 3 is 2.53 bits per heavy atom. The minimum absolute atomic E-state index is 0.0390. The first-order chi connectivity index (χ1) is 13.7. The van der Waals surface area contributed by atoms with Gasteiger partial charge >= 0.3 is 33.2 Å². The van der Waals surface area contributed by atoms with Crippen molar-refractivity contribution in [2.75, 3.05) is 13.2 Å². The minimum Gasteiger partial charge on any atom is -0.458 e. The Bertz CT molecular complexity index is 843. The van der Waals surface area contributed by atoms with Crippen molar-refractivity contribution >= 4 is 22.1 Å². The molecule has 5 atom stereocenters. The van der Waals surface area contributed by atoms with Gasteiger partial charge in [0.25, 0.3) is 0 Å². The predicted molar refractivity (Wildman–Crippen MR) is 90.1 cm³/mol. The van der Waals surface area contributed by atoms with Crippen LogP contribution in [0, 0.1) is 17.8 Å². The van der Waals surface area contributed by atoms with Gasteiger partial charge in [0.2, 0.25) is 0 Å². The molecule has 2 bridgehead atoms. The van der Waals surface area contributed by atoms with E-state index < -0.39 is 59.1 Å². The van der Waals surface area contributed by atoms with Crippen LogP contribution in [0.3, 0.4) is 0 Å². The molecule has 1 heterocycles. The van der Waals surface area contributed by atoms with Crippen LogP contribution in [0.15, 0.2) is 12.2 Å². The van der Waals surface area contributed by atoms with Gasteiger partial charge in [0, 0.05) is 24.7 Å². The SMILES string of the molecule is C=C(COCCC(F)(F)C(F)(F)S(=O)(=O)O)C(=O)OC1C2CC3CC(=O)OC1C3C2. The first-order valence-electron chi connectivity index (χ1n) is 9.13. The summed E-state index contributed by atoms with van der Waals surface area (Å²) >= 11 is 0. The standard InChI is InChI=1S/C17H20F4O8S/c1-8(7-27-3-2-16(18,19)17(20,21)30(24,25)26)15(23)29-13-10-4-9-6-12(22)28-14(13)11(9)5-10/h9-11,13-14H,1-7H2,(H,24,25,26). The molecule has 5 unspecified atom stereocenters. The van der Waals surface area contributed by atoms with E-state index in [4.69, 9.17) is 18.8 Å². The van der Waals surface area contributed by atoms with Gasteiger partial charge in [-0.2, -0.15) is 26.0 Å². The number of fused-ring (bicyclic) bond motifs is 1. The molecule has 30 heavy (non-hydrogen) atoms. The van der Waals surface area contributed by atoms with E-state index in [1.165, 1.54) is 0 Å². The first kappa shape index (κ1) is 22.9. The highest BCUT2D eigenvalue weighted by atomic mass is 32.2. The van der Waals surface area contributed by atoms with Crippen LogP contribution in [0.1, 0.15) is 25.7 Å². The fraction of sp³-hybridized carbons (Fsp3) is 0.765. The summed E-state index contributed by atoms with van der Waals surface area (Å²) in [6.07, 6.45) is -1.06. The smallest absolute Gasteiger partial charge is 0.431 e. The minimum atomic E-state index is -6.32. The fourth-order valence-corrected chi connectivity index (χ4v) is 4.83. The molecule has 2 aliphatic carbocycles. The summed E-state index contributed by atoms with van der Waals surface area (Å²) in [6.45, 7) is 1.73. The summed E-state index contributed by atoms with van der Waals surface area (Å²) in [4.78, 5) is 23.8. The van der Waals surface area contributed by atoms with Crippen LogP contribution in [0.25, 0.3) is 0 Å². The van der Waals surface area contributed by atoms with Crippen molar-refractivity contribution in [3.05, 3.63) is 12.2 Å². The quantitative estimate of drug-likeness (QED) is 0.183. The van der Waals surface area contributed by atoms with Gasteiger partial charge in [-0.1, -0.05) is 6.58 Å². The van der Waals surface area contributed by atoms with Crippen molar-refractivity contribution in [2.45, 2.75) is 49.1 Å². The van der Waals surface area contributed by atoms with Crippen LogP contribution < -0.4 is 0 Å². The lowest BCUT2D eigenvalue weighted by atomic mass is 9.81. The highest BCUT2D eigenvalue weighted by Gasteiger charge is 2.65. The highest BCUT2D eigenvalue weighted by Crippen LogP contribution is 2.54. The van der Waals surface area contributed by atoms with Crippen LogP contribution in [-0.4, -0.2) is 61.5 Å². The highest BCUT2D eigenvalue weighted by molar-refractivity contribution is 7.87. The molecule has 2 saturated carbocycles. The molecule has 3 aliphatic rings. The van der Waals surface area contributed by atoms with Crippen molar-refractivity contribution in [3.8, 4) is 0 Å². The number of rotatable bonds is 9. The van der Waals surface area contributed by atoms with Gasteiger partial charge in [-0.15, -0.1) is 0 Å². The maximum Gasteiger partial charge on any atom is 0.431 e. The van der Waals surface area contributed by atoms with Crippen molar-refractivity contribution in [3.63, 3.8) is 0 Å². The molecular formula is C17H20F4O8S. The summed E-state index contributed by atoms with van der Waals surface area (Å²) in [5.41, 5.74) is -0.277. The van der Waals surface area contributed by atoms with Gasteiger partial charge in [-0.05, 0) is 18.8 Å². The number of alkyl halides is 4. The van der Waals surface area contributed by atoms with E-state index >= 15 is 0 Å². The normalized spacial score (nSPS) is 30.8. The third-order valence-corrected chi connectivity index (χ3v) is 6.76. The lowest BCUT2D eigenvalue weighted by Gasteiger charge is -2.38. The van der Waals surface area contributed by atoms with E-state index in [1.807, 2.05) is 0 Å². The van der Waals surface area contributed by atoms with Crippen molar-refractivity contribution in [1.29, 1.82) is 0 Å². The molecule has 0 aromatic rings. The van der Waals surface area contributed by atoms with Crippen molar-refractivity contribution in [1.82, 2.24) is 0 Å². The van der Waals surface area contributed by atoms with Gasteiger partial charge in [-0.3, -0.25) is 9.35 Å². The zero-order valence-electron chi connectivity index (χ0n) is 15.6. The second kappa shape index (κ2) is 7.75. The average Bonchev–Trinajstić information content (AvgIpc) is 3.17. The average molecular weight is 460 g/mol. The van der Waals surface area contributed by atoms with Crippen LogP contribution in [0.2, 0.25) is 0 Å². The summed E-state index contributed by atoms with van der Waals surface area (Å²) in [7, 11) is -6.32. The Morgan fingerprint density at radius 2 is 1.90 bits per heavy atom. The van der Waals surface area contributed by atoms with E-state index in [0.29, 0.717) is 6.42 Å². The lowest BCUT2D eigenvalue weighted by molar-refractivity contribution is -0.183. The molecular weight excluding hydrogens is 440 g/mol. The number of halogens is 4. The van der Waals surface area contributed by atoms with E-state index in [1.54, 1.807) is 0 Å². The van der Waals surface area contributed by atoms with Crippen LogP contribution in [0.4, 0.5) is 17.6 Å². The summed E-state index contributed by atoms with van der Waals surface area (Å²) < 4.78 is 97.4.